The zero-order chi connectivity index (χ0) is 14.1. The topological polar surface area (TPSA) is 28.7 Å². The Morgan fingerprint density at radius 3 is 2.60 bits per heavy atom. The van der Waals surface area contributed by atoms with Gasteiger partial charge in [0.15, 0.2) is 0 Å². The first-order valence-corrected chi connectivity index (χ1v) is 6.60. The van der Waals surface area contributed by atoms with Gasteiger partial charge in [-0.25, -0.2) is 4.39 Å². The fraction of sp³-hybridized carbons (Fsp3) is 0.0625. The fourth-order valence-electron chi connectivity index (χ4n) is 2.11. The number of aromatic amines is 1. The summed E-state index contributed by atoms with van der Waals surface area (Å²) in [4.78, 5) is 0. The van der Waals surface area contributed by atoms with E-state index in [0.717, 1.165) is 11.3 Å². The van der Waals surface area contributed by atoms with Crippen molar-refractivity contribution in [1.82, 2.24) is 10.2 Å². The lowest BCUT2D eigenvalue weighted by atomic mass is 10.1. The van der Waals surface area contributed by atoms with Gasteiger partial charge in [-0.15, -0.1) is 0 Å². The normalized spacial score (nSPS) is 10.8. The third-order valence-electron chi connectivity index (χ3n) is 3.20. The Balaban J connectivity index is 2.10. The maximum atomic E-state index is 14.2. The molecular formula is C16H12ClFN2. The predicted octanol–water partition coefficient (Wildman–Crippen LogP) is 4.84. The van der Waals surface area contributed by atoms with E-state index in [-0.39, 0.29) is 5.82 Å². The van der Waals surface area contributed by atoms with Gasteiger partial charge in [-0.3, -0.25) is 5.10 Å². The van der Waals surface area contributed by atoms with E-state index in [1.165, 1.54) is 0 Å². The van der Waals surface area contributed by atoms with E-state index in [1.807, 2.05) is 30.3 Å². The molecule has 0 amide bonds. The first-order valence-electron chi connectivity index (χ1n) is 6.22. The minimum absolute atomic E-state index is 0.319. The Kier molecular flexibility index (Phi) is 3.28. The molecule has 0 bridgehead atoms. The average Bonchev–Trinajstić information content (AvgIpc) is 2.94. The summed E-state index contributed by atoms with van der Waals surface area (Å²) in [6, 6.07) is 14.9. The van der Waals surface area contributed by atoms with Crippen LogP contribution in [0.15, 0.2) is 48.5 Å². The molecule has 100 valence electrons. The number of aromatic nitrogens is 2. The van der Waals surface area contributed by atoms with E-state index < -0.39 is 0 Å². The average molecular weight is 287 g/mol. The molecule has 0 spiro atoms. The maximum Gasteiger partial charge on any atom is 0.136 e. The van der Waals surface area contributed by atoms with E-state index >= 15 is 0 Å². The number of aryl methyl sites for hydroxylation is 1. The third-order valence-corrected chi connectivity index (χ3v) is 3.52. The molecule has 3 aromatic rings. The Hall–Kier alpha value is -2.13. The minimum Gasteiger partial charge on any atom is -0.277 e. The van der Waals surface area contributed by atoms with Crippen LogP contribution in [-0.4, -0.2) is 10.2 Å². The van der Waals surface area contributed by atoms with E-state index in [1.54, 1.807) is 25.1 Å². The van der Waals surface area contributed by atoms with Gasteiger partial charge in [-0.05, 0) is 24.6 Å². The second kappa shape index (κ2) is 5.10. The molecule has 1 N–H and O–H groups in total. The van der Waals surface area contributed by atoms with Crippen molar-refractivity contribution in [3.8, 4) is 22.5 Å². The van der Waals surface area contributed by atoms with Crippen LogP contribution in [0.2, 0.25) is 5.02 Å². The van der Waals surface area contributed by atoms with Gasteiger partial charge in [0, 0.05) is 5.56 Å². The van der Waals surface area contributed by atoms with E-state index in [2.05, 4.69) is 10.2 Å². The van der Waals surface area contributed by atoms with Crippen LogP contribution in [-0.2, 0) is 0 Å². The Bertz CT molecular complexity index is 750. The highest BCUT2D eigenvalue weighted by Crippen LogP contribution is 2.32. The van der Waals surface area contributed by atoms with E-state index in [0.29, 0.717) is 21.8 Å². The lowest BCUT2D eigenvalue weighted by Crippen LogP contribution is -1.90. The van der Waals surface area contributed by atoms with Crippen molar-refractivity contribution >= 4 is 11.6 Å². The number of nitrogens with one attached hydrogen (secondary N) is 1. The number of rotatable bonds is 2. The van der Waals surface area contributed by atoms with Gasteiger partial charge in [0.2, 0.25) is 0 Å². The predicted molar refractivity (Wildman–Crippen MR) is 79.2 cm³/mol. The third kappa shape index (κ3) is 2.21. The largest absolute Gasteiger partial charge is 0.277 e. The molecule has 2 nitrogen and oxygen atoms in total. The molecule has 0 aliphatic carbocycles. The highest BCUT2D eigenvalue weighted by Gasteiger charge is 2.15. The maximum absolute atomic E-state index is 14.2. The van der Waals surface area contributed by atoms with Gasteiger partial charge in [0.25, 0.3) is 0 Å². The molecule has 3 rings (SSSR count). The summed E-state index contributed by atoms with van der Waals surface area (Å²) < 4.78 is 14.2. The molecule has 0 atom stereocenters. The summed E-state index contributed by atoms with van der Waals surface area (Å²) in [5, 5.41) is 7.45. The number of hydrogen-bond donors (Lipinski definition) is 1. The molecule has 1 aromatic heterocycles. The Morgan fingerprint density at radius 1 is 1.10 bits per heavy atom. The molecule has 0 saturated carbocycles. The van der Waals surface area contributed by atoms with Crippen molar-refractivity contribution in [1.29, 1.82) is 0 Å². The number of nitrogens with zero attached hydrogens (tertiary/aromatic N) is 1. The van der Waals surface area contributed by atoms with Crippen LogP contribution in [0.3, 0.4) is 0 Å². The molecule has 0 saturated heterocycles. The van der Waals surface area contributed by atoms with Crippen molar-refractivity contribution in [2.24, 2.45) is 0 Å². The van der Waals surface area contributed by atoms with Crippen LogP contribution in [0, 0.1) is 12.7 Å². The van der Waals surface area contributed by atoms with Gasteiger partial charge < -0.3 is 0 Å². The summed E-state index contributed by atoms with van der Waals surface area (Å²) in [6.07, 6.45) is 0. The number of H-pyrrole nitrogens is 1. The minimum atomic E-state index is -0.319. The molecule has 0 radical (unpaired) electrons. The molecule has 2 aromatic carbocycles. The van der Waals surface area contributed by atoms with Crippen molar-refractivity contribution in [2.75, 3.05) is 0 Å². The standard InChI is InChI=1S/C16H12ClFN2/c1-10-7-8-12(17)15(16(10)18)14-9-13(19-20-14)11-5-3-2-4-6-11/h2-9H,1H3,(H,19,20). The molecule has 0 unspecified atom stereocenters. The number of halogens is 2. The number of hydrogen-bond acceptors (Lipinski definition) is 1. The van der Waals surface area contributed by atoms with Gasteiger partial charge in [-0.1, -0.05) is 48.0 Å². The van der Waals surface area contributed by atoms with Crippen molar-refractivity contribution < 1.29 is 4.39 Å². The number of benzene rings is 2. The van der Waals surface area contributed by atoms with Crippen LogP contribution in [0.5, 0.6) is 0 Å². The van der Waals surface area contributed by atoms with Crippen LogP contribution in [0.4, 0.5) is 4.39 Å². The van der Waals surface area contributed by atoms with Crippen molar-refractivity contribution in [3.63, 3.8) is 0 Å². The van der Waals surface area contributed by atoms with Crippen LogP contribution in [0.1, 0.15) is 5.56 Å². The van der Waals surface area contributed by atoms with Crippen molar-refractivity contribution in [2.45, 2.75) is 6.92 Å². The lowest BCUT2D eigenvalue weighted by Gasteiger charge is -2.05. The van der Waals surface area contributed by atoms with E-state index in [4.69, 9.17) is 11.6 Å². The van der Waals surface area contributed by atoms with Crippen molar-refractivity contribution in [3.05, 3.63) is 64.9 Å². The summed E-state index contributed by atoms with van der Waals surface area (Å²) in [7, 11) is 0. The summed E-state index contributed by atoms with van der Waals surface area (Å²) in [5.41, 5.74) is 3.23. The van der Waals surface area contributed by atoms with Gasteiger partial charge >= 0.3 is 0 Å². The zero-order valence-corrected chi connectivity index (χ0v) is 11.6. The zero-order valence-electron chi connectivity index (χ0n) is 10.8. The molecule has 1 heterocycles. The summed E-state index contributed by atoms with van der Waals surface area (Å²) in [6.45, 7) is 1.71. The molecule has 20 heavy (non-hydrogen) atoms. The lowest BCUT2D eigenvalue weighted by molar-refractivity contribution is 0.621. The smallest absolute Gasteiger partial charge is 0.136 e. The second-order valence-electron chi connectivity index (χ2n) is 4.59. The monoisotopic (exact) mass is 286 g/mol. The SMILES string of the molecule is Cc1ccc(Cl)c(-c2cc(-c3ccccc3)n[nH]2)c1F. The van der Waals surface area contributed by atoms with Crippen LogP contribution < -0.4 is 0 Å². The fourth-order valence-corrected chi connectivity index (χ4v) is 2.36. The Morgan fingerprint density at radius 2 is 1.85 bits per heavy atom. The summed E-state index contributed by atoms with van der Waals surface area (Å²) >= 11 is 6.10. The molecule has 4 heteroatoms. The second-order valence-corrected chi connectivity index (χ2v) is 4.99. The van der Waals surface area contributed by atoms with Crippen LogP contribution >= 0.6 is 11.6 Å². The van der Waals surface area contributed by atoms with Crippen LogP contribution in [0.25, 0.3) is 22.5 Å². The highest BCUT2D eigenvalue weighted by atomic mass is 35.5. The summed E-state index contributed by atoms with van der Waals surface area (Å²) in [5.74, 6) is -0.319. The quantitative estimate of drug-likeness (QED) is 0.717. The molecular weight excluding hydrogens is 275 g/mol. The first kappa shape index (κ1) is 12.9. The first-order chi connectivity index (χ1) is 9.66. The van der Waals surface area contributed by atoms with Gasteiger partial charge in [-0.2, -0.15) is 5.10 Å². The highest BCUT2D eigenvalue weighted by molar-refractivity contribution is 6.33. The van der Waals surface area contributed by atoms with E-state index in [9.17, 15) is 4.39 Å². The Labute approximate surface area is 121 Å². The molecule has 0 fully saturated rings. The van der Waals surface area contributed by atoms with Gasteiger partial charge in [0.05, 0.1) is 22.0 Å². The molecule has 0 aliphatic rings. The molecule has 0 aliphatic heterocycles. The van der Waals surface area contributed by atoms with Gasteiger partial charge in [0.1, 0.15) is 5.82 Å².